The largest absolute Gasteiger partial charge is 0.462 e. The summed E-state index contributed by atoms with van der Waals surface area (Å²) in [6.45, 7) is 6.18. The summed E-state index contributed by atoms with van der Waals surface area (Å²) in [5.74, 6) is 0.166. The summed E-state index contributed by atoms with van der Waals surface area (Å²) in [6, 6.07) is 10.4. The normalized spacial score (nSPS) is 15.5. The molecule has 0 radical (unpaired) electrons. The van der Waals surface area contributed by atoms with E-state index in [0.29, 0.717) is 29.4 Å². The van der Waals surface area contributed by atoms with Gasteiger partial charge >= 0.3 is 5.97 Å². The van der Waals surface area contributed by atoms with Crippen molar-refractivity contribution in [1.29, 1.82) is 0 Å². The smallest absolute Gasteiger partial charge is 0.340 e. The van der Waals surface area contributed by atoms with Crippen molar-refractivity contribution in [3.63, 3.8) is 0 Å². The number of nitrogens with one attached hydrogen (secondary N) is 2. The van der Waals surface area contributed by atoms with Crippen LogP contribution in [0.1, 0.15) is 43.5 Å². The number of carbonyl (C=O) groups is 3. The van der Waals surface area contributed by atoms with Gasteiger partial charge in [0.2, 0.25) is 11.8 Å². The first-order valence-electron chi connectivity index (χ1n) is 11.6. The highest BCUT2D eigenvalue weighted by atomic mass is 32.2. The predicted molar refractivity (Wildman–Crippen MR) is 132 cm³/mol. The van der Waals surface area contributed by atoms with E-state index in [1.54, 1.807) is 31.2 Å². The lowest BCUT2D eigenvalue weighted by atomic mass is 9.97. The van der Waals surface area contributed by atoms with E-state index >= 15 is 0 Å². The number of thioether (sulfide) groups is 1. The average Bonchev–Trinajstić information content (AvgIpc) is 2.87. The molecule has 182 valence electrons. The molecule has 2 amide bonds. The van der Waals surface area contributed by atoms with Crippen LogP contribution < -0.4 is 15.5 Å². The molecule has 10 heteroatoms. The van der Waals surface area contributed by atoms with E-state index in [1.165, 1.54) is 11.8 Å². The summed E-state index contributed by atoms with van der Waals surface area (Å²) in [5, 5.41) is 14.9. The Labute approximate surface area is 204 Å². The number of carbonyl (C=O) groups excluding carboxylic acids is 3. The minimum absolute atomic E-state index is 0.0441. The van der Waals surface area contributed by atoms with E-state index in [0.717, 1.165) is 31.6 Å². The molecule has 0 bridgehead atoms. The van der Waals surface area contributed by atoms with Gasteiger partial charge in [0, 0.05) is 19.6 Å². The third-order valence-electron chi connectivity index (χ3n) is 5.34. The molecule has 1 aliphatic rings. The van der Waals surface area contributed by atoms with Gasteiger partial charge in [0.1, 0.15) is 5.03 Å². The van der Waals surface area contributed by atoms with Gasteiger partial charge in [0.05, 0.1) is 29.5 Å². The first kappa shape index (κ1) is 25.5. The highest BCUT2D eigenvalue weighted by Gasteiger charge is 2.26. The van der Waals surface area contributed by atoms with Gasteiger partial charge in [-0.05, 0) is 50.5 Å². The van der Waals surface area contributed by atoms with Crippen molar-refractivity contribution in [2.24, 2.45) is 5.92 Å². The van der Waals surface area contributed by atoms with Crippen LogP contribution >= 0.6 is 11.8 Å². The highest BCUT2D eigenvalue weighted by molar-refractivity contribution is 7.99. The summed E-state index contributed by atoms with van der Waals surface area (Å²) in [6.07, 6.45) is 2.72. The molecule has 1 aromatic carbocycles. The minimum Gasteiger partial charge on any atom is -0.462 e. The molecule has 2 aromatic rings. The van der Waals surface area contributed by atoms with Gasteiger partial charge in [-0.25, -0.2) is 4.79 Å². The number of nitrogens with zero attached hydrogens (tertiary/aromatic N) is 3. The molecule has 1 aliphatic heterocycles. The van der Waals surface area contributed by atoms with Crippen LogP contribution in [0.3, 0.4) is 0 Å². The zero-order valence-corrected chi connectivity index (χ0v) is 20.4. The maximum absolute atomic E-state index is 12.4. The van der Waals surface area contributed by atoms with Crippen molar-refractivity contribution in [2.45, 2.75) is 38.1 Å². The van der Waals surface area contributed by atoms with Gasteiger partial charge < -0.3 is 20.3 Å². The van der Waals surface area contributed by atoms with Crippen LogP contribution in [0.15, 0.2) is 41.4 Å². The summed E-state index contributed by atoms with van der Waals surface area (Å²) >= 11 is 1.26. The van der Waals surface area contributed by atoms with Crippen LogP contribution in [0.5, 0.6) is 0 Å². The summed E-state index contributed by atoms with van der Waals surface area (Å²) < 4.78 is 5.04. The number of benzene rings is 1. The number of hydrogen-bond acceptors (Lipinski definition) is 8. The standard InChI is InChI=1S/C24H31N5O4S/c1-3-13-25-23(31)17-8-7-14-29(15-17)20-11-12-22(28-27-20)34-16-21(30)26-19-10-6-5-9-18(19)24(32)33-4-2/h5-6,9-12,17H,3-4,7-8,13-16H2,1-2H3,(H,25,31)(H,26,30)/t17-/m1/s1. The Hall–Kier alpha value is -3.14. The van der Waals surface area contributed by atoms with Crippen molar-refractivity contribution in [1.82, 2.24) is 15.5 Å². The van der Waals surface area contributed by atoms with Gasteiger partial charge in [-0.1, -0.05) is 30.8 Å². The fourth-order valence-electron chi connectivity index (χ4n) is 3.66. The monoisotopic (exact) mass is 485 g/mol. The molecule has 34 heavy (non-hydrogen) atoms. The van der Waals surface area contributed by atoms with Crippen LogP contribution in [0.4, 0.5) is 11.5 Å². The first-order valence-corrected chi connectivity index (χ1v) is 12.6. The van der Waals surface area contributed by atoms with Crippen molar-refractivity contribution in [3.05, 3.63) is 42.0 Å². The predicted octanol–water partition coefficient (Wildman–Crippen LogP) is 3.13. The third-order valence-corrected chi connectivity index (χ3v) is 6.26. The molecular weight excluding hydrogens is 454 g/mol. The zero-order chi connectivity index (χ0) is 24.3. The van der Waals surface area contributed by atoms with E-state index in [9.17, 15) is 14.4 Å². The topological polar surface area (TPSA) is 114 Å². The Morgan fingerprint density at radius 3 is 2.71 bits per heavy atom. The van der Waals surface area contributed by atoms with Crippen molar-refractivity contribution in [3.8, 4) is 0 Å². The van der Waals surface area contributed by atoms with E-state index in [-0.39, 0.29) is 30.1 Å². The van der Waals surface area contributed by atoms with E-state index in [4.69, 9.17) is 4.74 Å². The summed E-state index contributed by atoms with van der Waals surface area (Å²) in [7, 11) is 0. The Morgan fingerprint density at radius 2 is 1.97 bits per heavy atom. The Bertz CT molecular complexity index is 986. The number of aromatic nitrogens is 2. The Balaban J connectivity index is 1.52. The van der Waals surface area contributed by atoms with Crippen molar-refractivity contribution in [2.75, 3.05) is 42.2 Å². The molecular formula is C24H31N5O4S. The number of amides is 2. The second kappa shape index (κ2) is 12.9. The Morgan fingerprint density at radius 1 is 1.15 bits per heavy atom. The van der Waals surface area contributed by atoms with Gasteiger partial charge in [0.25, 0.3) is 0 Å². The number of anilines is 2. The molecule has 0 spiro atoms. The quantitative estimate of drug-likeness (QED) is 0.390. The van der Waals surface area contributed by atoms with Gasteiger partial charge in [-0.3, -0.25) is 9.59 Å². The van der Waals surface area contributed by atoms with Crippen LogP contribution in [0, 0.1) is 5.92 Å². The number of esters is 1. The number of para-hydroxylation sites is 1. The van der Waals surface area contributed by atoms with Gasteiger partial charge in [-0.15, -0.1) is 10.2 Å². The second-order valence-corrected chi connectivity index (χ2v) is 8.90. The van der Waals surface area contributed by atoms with Crippen LogP contribution in [-0.2, 0) is 14.3 Å². The number of ether oxygens (including phenoxy) is 1. The molecule has 2 N–H and O–H groups in total. The zero-order valence-electron chi connectivity index (χ0n) is 19.6. The molecule has 0 aliphatic carbocycles. The van der Waals surface area contributed by atoms with E-state index in [1.807, 2.05) is 19.1 Å². The fraction of sp³-hybridized carbons (Fsp3) is 0.458. The maximum atomic E-state index is 12.4. The summed E-state index contributed by atoms with van der Waals surface area (Å²) in [4.78, 5) is 38.9. The lowest BCUT2D eigenvalue weighted by molar-refractivity contribution is -0.125. The van der Waals surface area contributed by atoms with E-state index in [2.05, 4.69) is 25.7 Å². The molecule has 2 heterocycles. The van der Waals surface area contributed by atoms with Crippen molar-refractivity contribution < 1.29 is 19.1 Å². The molecule has 1 fully saturated rings. The fourth-order valence-corrected chi connectivity index (χ4v) is 4.27. The van der Waals surface area contributed by atoms with Crippen LogP contribution in [0.2, 0.25) is 0 Å². The van der Waals surface area contributed by atoms with E-state index < -0.39 is 5.97 Å². The van der Waals surface area contributed by atoms with Crippen LogP contribution in [-0.4, -0.2) is 60.0 Å². The van der Waals surface area contributed by atoms with Crippen molar-refractivity contribution >= 4 is 41.1 Å². The van der Waals surface area contributed by atoms with Crippen LogP contribution in [0.25, 0.3) is 0 Å². The number of rotatable bonds is 10. The molecule has 1 saturated heterocycles. The SMILES string of the molecule is CCCNC(=O)[C@@H]1CCCN(c2ccc(SCC(=O)Nc3ccccc3C(=O)OCC)nn2)C1. The molecule has 0 unspecified atom stereocenters. The average molecular weight is 486 g/mol. The molecule has 3 rings (SSSR count). The second-order valence-electron chi connectivity index (χ2n) is 7.91. The molecule has 0 saturated carbocycles. The minimum atomic E-state index is -0.477. The van der Waals surface area contributed by atoms with Gasteiger partial charge in [0.15, 0.2) is 5.82 Å². The summed E-state index contributed by atoms with van der Waals surface area (Å²) in [5.41, 5.74) is 0.727. The number of piperidine rings is 1. The Kier molecular flexibility index (Phi) is 9.69. The molecule has 9 nitrogen and oxygen atoms in total. The van der Waals surface area contributed by atoms with Gasteiger partial charge in [-0.2, -0.15) is 0 Å². The lowest BCUT2D eigenvalue weighted by Gasteiger charge is -2.32. The maximum Gasteiger partial charge on any atom is 0.340 e. The lowest BCUT2D eigenvalue weighted by Crippen LogP contribution is -2.43. The highest BCUT2D eigenvalue weighted by Crippen LogP contribution is 2.24. The molecule has 1 atom stereocenters. The first-order chi connectivity index (χ1) is 16.5. The molecule has 1 aromatic heterocycles. The third kappa shape index (κ3) is 7.18. The number of hydrogen-bond donors (Lipinski definition) is 2.